The first-order valence-corrected chi connectivity index (χ1v) is 9.15. The second kappa shape index (κ2) is 6.27. The zero-order valence-corrected chi connectivity index (χ0v) is 13.5. The molecular weight excluding hydrogens is 270 g/mol. The maximum Gasteiger partial charge on any atom is 0.179 e. The van der Waals surface area contributed by atoms with Crippen LogP contribution in [0, 0.1) is 5.92 Å². The molecular formula is C16H25NO2S. The van der Waals surface area contributed by atoms with Crippen molar-refractivity contribution in [2.75, 3.05) is 12.8 Å². The van der Waals surface area contributed by atoms with Gasteiger partial charge in [0, 0.05) is 6.04 Å². The molecule has 0 spiro atoms. The van der Waals surface area contributed by atoms with Crippen molar-refractivity contribution >= 4 is 9.84 Å². The van der Waals surface area contributed by atoms with E-state index in [1.807, 2.05) is 19.2 Å². The highest BCUT2D eigenvalue weighted by molar-refractivity contribution is 7.91. The largest absolute Gasteiger partial charge is 0.316 e. The Morgan fingerprint density at radius 2 is 1.95 bits per heavy atom. The van der Waals surface area contributed by atoms with Crippen LogP contribution in [0.2, 0.25) is 0 Å². The van der Waals surface area contributed by atoms with E-state index in [1.54, 1.807) is 6.07 Å². The van der Waals surface area contributed by atoms with Crippen LogP contribution in [0.3, 0.4) is 0 Å². The zero-order valence-electron chi connectivity index (χ0n) is 12.6. The van der Waals surface area contributed by atoms with Crippen LogP contribution in [-0.2, 0) is 22.7 Å². The molecule has 0 aromatic heterocycles. The second-order valence-corrected chi connectivity index (χ2v) is 7.88. The molecule has 0 saturated heterocycles. The summed E-state index contributed by atoms with van der Waals surface area (Å²) in [6.07, 6.45) is 4.22. The van der Waals surface area contributed by atoms with Gasteiger partial charge in [-0.15, -0.1) is 0 Å². The van der Waals surface area contributed by atoms with Gasteiger partial charge in [0.15, 0.2) is 9.84 Å². The van der Waals surface area contributed by atoms with Gasteiger partial charge in [-0.3, -0.25) is 0 Å². The molecule has 0 amide bonds. The number of aryl methyl sites for hydroxylation is 2. The van der Waals surface area contributed by atoms with E-state index in [-0.39, 0.29) is 11.8 Å². The Morgan fingerprint density at radius 1 is 1.25 bits per heavy atom. The molecule has 20 heavy (non-hydrogen) atoms. The molecule has 3 nitrogen and oxygen atoms in total. The summed E-state index contributed by atoms with van der Waals surface area (Å²) in [4.78, 5) is 0.488. The Kier molecular flexibility index (Phi) is 4.86. The van der Waals surface area contributed by atoms with Crippen LogP contribution in [0.15, 0.2) is 23.1 Å². The third-order valence-electron chi connectivity index (χ3n) is 4.53. The minimum absolute atomic E-state index is 0.0123. The molecule has 2 atom stereocenters. The van der Waals surface area contributed by atoms with Crippen LogP contribution < -0.4 is 5.32 Å². The van der Waals surface area contributed by atoms with E-state index in [4.69, 9.17) is 0 Å². The van der Waals surface area contributed by atoms with E-state index in [1.165, 1.54) is 11.1 Å². The van der Waals surface area contributed by atoms with Gasteiger partial charge in [-0.2, -0.15) is 0 Å². The van der Waals surface area contributed by atoms with E-state index >= 15 is 0 Å². The lowest BCUT2D eigenvalue weighted by atomic mass is 10.0. The van der Waals surface area contributed by atoms with Crippen LogP contribution in [0.4, 0.5) is 0 Å². The molecule has 1 aromatic rings. The third-order valence-corrected chi connectivity index (χ3v) is 6.30. The third kappa shape index (κ3) is 3.23. The van der Waals surface area contributed by atoms with Gasteiger partial charge in [0.1, 0.15) is 0 Å². The van der Waals surface area contributed by atoms with Crippen molar-refractivity contribution in [3.8, 4) is 0 Å². The van der Waals surface area contributed by atoms with E-state index < -0.39 is 9.84 Å². The van der Waals surface area contributed by atoms with Crippen molar-refractivity contribution in [3.63, 3.8) is 0 Å². The van der Waals surface area contributed by atoms with Gasteiger partial charge in [-0.1, -0.05) is 26.3 Å². The zero-order chi connectivity index (χ0) is 14.8. The van der Waals surface area contributed by atoms with Gasteiger partial charge in [0.2, 0.25) is 0 Å². The SMILES string of the molecule is CCC(C)C(CS(=O)(=O)c1ccc2c(c1)CCC2)NC. The fourth-order valence-corrected chi connectivity index (χ4v) is 4.65. The Hall–Kier alpha value is -0.870. The highest BCUT2D eigenvalue weighted by atomic mass is 32.2. The minimum Gasteiger partial charge on any atom is -0.316 e. The second-order valence-electron chi connectivity index (χ2n) is 5.85. The molecule has 1 aliphatic rings. The lowest BCUT2D eigenvalue weighted by Crippen LogP contribution is -2.38. The van der Waals surface area contributed by atoms with Crippen LogP contribution in [0.25, 0.3) is 0 Å². The van der Waals surface area contributed by atoms with Crippen LogP contribution in [0.5, 0.6) is 0 Å². The maximum absolute atomic E-state index is 12.6. The topological polar surface area (TPSA) is 46.2 Å². The van der Waals surface area contributed by atoms with Gasteiger partial charge in [-0.05, 0) is 55.5 Å². The Bertz CT molecular complexity index is 566. The maximum atomic E-state index is 12.6. The predicted molar refractivity (Wildman–Crippen MR) is 82.8 cm³/mol. The van der Waals surface area contributed by atoms with Gasteiger partial charge >= 0.3 is 0 Å². The molecule has 1 N–H and O–H groups in total. The van der Waals surface area contributed by atoms with E-state index in [0.29, 0.717) is 10.8 Å². The first kappa shape index (κ1) is 15.5. The number of hydrogen-bond acceptors (Lipinski definition) is 3. The Balaban J connectivity index is 2.22. The van der Waals surface area contributed by atoms with Crippen molar-refractivity contribution in [1.82, 2.24) is 5.32 Å². The molecule has 2 unspecified atom stereocenters. The van der Waals surface area contributed by atoms with Crippen LogP contribution in [-0.4, -0.2) is 27.3 Å². The van der Waals surface area contributed by atoms with Crippen molar-refractivity contribution < 1.29 is 8.42 Å². The van der Waals surface area contributed by atoms with E-state index in [2.05, 4.69) is 19.2 Å². The molecule has 1 aliphatic carbocycles. The molecule has 0 heterocycles. The number of hydrogen-bond donors (Lipinski definition) is 1. The molecule has 2 rings (SSSR count). The molecule has 4 heteroatoms. The predicted octanol–water partition coefficient (Wildman–Crippen LogP) is 2.58. The normalized spacial score (nSPS) is 17.8. The summed E-state index contributed by atoms with van der Waals surface area (Å²) in [5.74, 6) is 0.529. The smallest absolute Gasteiger partial charge is 0.179 e. The quantitative estimate of drug-likeness (QED) is 0.877. The summed E-state index contributed by atoms with van der Waals surface area (Å²) >= 11 is 0. The summed E-state index contributed by atoms with van der Waals surface area (Å²) in [7, 11) is -1.37. The Labute approximate surface area is 122 Å². The number of sulfone groups is 1. The van der Waals surface area contributed by atoms with Gasteiger partial charge in [0.05, 0.1) is 10.6 Å². The summed E-state index contributed by atoms with van der Waals surface area (Å²) in [6.45, 7) is 4.19. The summed E-state index contributed by atoms with van der Waals surface area (Å²) in [5, 5.41) is 3.15. The van der Waals surface area contributed by atoms with Crippen LogP contribution >= 0.6 is 0 Å². The average Bonchev–Trinajstić information content (AvgIpc) is 2.91. The molecule has 0 radical (unpaired) electrons. The fraction of sp³-hybridized carbons (Fsp3) is 0.625. The molecule has 0 aliphatic heterocycles. The lowest BCUT2D eigenvalue weighted by molar-refractivity contribution is 0.414. The number of nitrogens with one attached hydrogen (secondary N) is 1. The summed E-state index contributed by atoms with van der Waals surface area (Å²) in [6, 6.07) is 5.68. The minimum atomic E-state index is -3.21. The lowest BCUT2D eigenvalue weighted by Gasteiger charge is -2.22. The summed E-state index contributed by atoms with van der Waals surface area (Å²) < 4.78 is 25.2. The van der Waals surface area contributed by atoms with Crippen LogP contribution in [0.1, 0.15) is 37.8 Å². The average molecular weight is 295 g/mol. The molecule has 0 fully saturated rings. The fourth-order valence-electron chi connectivity index (χ4n) is 2.89. The molecule has 1 aromatic carbocycles. The van der Waals surface area contributed by atoms with Gasteiger partial charge in [-0.25, -0.2) is 8.42 Å². The molecule has 112 valence electrons. The molecule has 0 saturated carbocycles. The summed E-state index contributed by atoms with van der Waals surface area (Å²) in [5.41, 5.74) is 2.53. The van der Waals surface area contributed by atoms with Crippen molar-refractivity contribution in [2.24, 2.45) is 5.92 Å². The first-order chi connectivity index (χ1) is 9.47. The van der Waals surface area contributed by atoms with Crippen molar-refractivity contribution in [3.05, 3.63) is 29.3 Å². The monoisotopic (exact) mass is 295 g/mol. The Morgan fingerprint density at radius 3 is 2.60 bits per heavy atom. The first-order valence-electron chi connectivity index (χ1n) is 7.49. The van der Waals surface area contributed by atoms with E-state index in [0.717, 1.165) is 25.7 Å². The van der Waals surface area contributed by atoms with Crippen molar-refractivity contribution in [1.29, 1.82) is 0 Å². The number of rotatable bonds is 6. The number of fused-ring (bicyclic) bond motifs is 1. The highest BCUT2D eigenvalue weighted by Gasteiger charge is 2.25. The number of benzene rings is 1. The van der Waals surface area contributed by atoms with Gasteiger partial charge < -0.3 is 5.32 Å². The highest BCUT2D eigenvalue weighted by Crippen LogP contribution is 2.26. The standard InChI is InChI=1S/C16H25NO2S/c1-4-12(2)16(17-3)11-20(18,19)15-9-8-13-6-5-7-14(13)10-15/h8-10,12,16-17H,4-7,11H2,1-3H3. The van der Waals surface area contributed by atoms with Crippen molar-refractivity contribution in [2.45, 2.75) is 50.5 Å². The van der Waals surface area contributed by atoms with Gasteiger partial charge in [0.25, 0.3) is 0 Å². The van der Waals surface area contributed by atoms with E-state index in [9.17, 15) is 8.42 Å². The molecule has 0 bridgehead atoms.